The smallest absolute Gasteiger partial charge is 0.308 e. The van der Waals surface area contributed by atoms with E-state index in [9.17, 15) is 9.59 Å². The van der Waals surface area contributed by atoms with E-state index in [4.69, 9.17) is 5.11 Å². The van der Waals surface area contributed by atoms with E-state index in [1.54, 1.807) is 4.90 Å². The number of hydrogen-bond donors (Lipinski definition) is 2. The van der Waals surface area contributed by atoms with Gasteiger partial charge in [0.15, 0.2) is 0 Å². The molecular weight excluding hydrogens is 208 g/mol. The summed E-state index contributed by atoms with van der Waals surface area (Å²) in [6, 6.07) is 0. The lowest BCUT2D eigenvalue weighted by atomic mass is 9.99. The van der Waals surface area contributed by atoms with Gasteiger partial charge in [-0.25, -0.2) is 0 Å². The summed E-state index contributed by atoms with van der Waals surface area (Å²) >= 11 is 0. The minimum Gasteiger partial charge on any atom is -0.481 e. The largest absolute Gasteiger partial charge is 0.481 e. The highest BCUT2D eigenvalue weighted by molar-refractivity contribution is 5.80. The molecule has 1 rings (SSSR count). The fraction of sp³-hybridized carbons (Fsp3) is 0.818. The Morgan fingerprint density at radius 2 is 2.12 bits per heavy atom. The van der Waals surface area contributed by atoms with Gasteiger partial charge in [0, 0.05) is 13.1 Å². The number of likely N-dealkylation sites (tertiary alicyclic amines) is 1. The Hall–Kier alpha value is -1.10. The molecule has 1 saturated heterocycles. The minimum absolute atomic E-state index is 0.00375. The second-order valence-corrected chi connectivity index (χ2v) is 4.40. The van der Waals surface area contributed by atoms with Crippen molar-refractivity contribution in [2.24, 2.45) is 11.8 Å². The lowest BCUT2D eigenvalue weighted by Gasteiger charge is -2.16. The Bertz CT molecular complexity index is 268. The second-order valence-electron chi connectivity index (χ2n) is 4.40. The molecule has 5 nitrogen and oxygen atoms in total. The van der Waals surface area contributed by atoms with E-state index >= 15 is 0 Å². The van der Waals surface area contributed by atoms with E-state index in [1.807, 2.05) is 13.8 Å². The molecule has 0 aromatic carbocycles. The van der Waals surface area contributed by atoms with Crippen LogP contribution in [0.2, 0.25) is 0 Å². The maximum atomic E-state index is 11.7. The minimum atomic E-state index is -0.802. The summed E-state index contributed by atoms with van der Waals surface area (Å²) in [5.41, 5.74) is 0. The second kappa shape index (κ2) is 5.84. The van der Waals surface area contributed by atoms with Crippen LogP contribution in [-0.2, 0) is 9.59 Å². The van der Waals surface area contributed by atoms with Crippen molar-refractivity contribution in [3.05, 3.63) is 0 Å². The van der Waals surface area contributed by atoms with E-state index in [2.05, 4.69) is 5.32 Å². The van der Waals surface area contributed by atoms with Crippen LogP contribution in [0.4, 0.5) is 0 Å². The van der Waals surface area contributed by atoms with Gasteiger partial charge in [0.25, 0.3) is 0 Å². The Labute approximate surface area is 95.8 Å². The van der Waals surface area contributed by atoms with Crippen LogP contribution in [0.25, 0.3) is 0 Å². The maximum Gasteiger partial charge on any atom is 0.308 e. The zero-order chi connectivity index (χ0) is 12.1. The van der Waals surface area contributed by atoms with Crippen LogP contribution >= 0.6 is 0 Å². The Morgan fingerprint density at radius 1 is 1.44 bits per heavy atom. The number of carbonyl (C=O) groups is 2. The highest BCUT2D eigenvalue weighted by Crippen LogP contribution is 2.22. The first-order chi connectivity index (χ1) is 7.56. The molecule has 0 spiro atoms. The lowest BCUT2D eigenvalue weighted by molar-refractivity contribution is -0.142. The predicted molar refractivity (Wildman–Crippen MR) is 60.0 cm³/mol. The van der Waals surface area contributed by atoms with Crippen molar-refractivity contribution >= 4 is 11.9 Å². The summed E-state index contributed by atoms with van der Waals surface area (Å²) in [6.45, 7) is 5.96. The third kappa shape index (κ3) is 3.20. The summed E-state index contributed by atoms with van der Waals surface area (Å²) in [4.78, 5) is 24.2. The number of rotatable bonds is 5. The monoisotopic (exact) mass is 228 g/mol. The van der Waals surface area contributed by atoms with E-state index in [0.29, 0.717) is 19.6 Å². The van der Waals surface area contributed by atoms with Gasteiger partial charge in [-0.3, -0.25) is 9.59 Å². The molecule has 0 aromatic heterocycles. The normalized spacial score (nSPS) is 24.8. The van der Waals surface area contributed by atoms with Crippen LogP contribution in [0.3, 0.4) is 0 Å². The predicted octanol–water partition coefficient (Wildman–Crippen LogP) is 0.165. The Morgan fingerprint density at radius 3 is 2.62 bits per heavy atom. The first kappa shape index (κ1) is 13.0. The van der Waals surface area contributed by atoms with Gasteiger partial charge in [0.1, 0.15) is 0 Å². The van der Waals surface area contributed by atoms with Crippen molar-refractivity contribution in [2.75, 3.05) is 26.2 Å². The fourth-order valence-corrected chi connectivity index (χ4v) is 1.98. The molecule has 0 bridgehead atoms. The molecule has 2 atom stereocenters. The van der Waals surface area contributed by atoms with Gasteiger partial charge >= 0.3 is 5.97 Å². The van der Waals surface area contributed by atoms with E-state index in [-0.39, 0.29) is 11.8 Å². The molecule has 1 fully saturated rings. The summed E-state index contributed by atoms with van der Waals surface area (Å²) < 4.78 is 0. The standard InChI is InChI=1S/C11H20N2O3/c1-3-4-12-5-10(14)13-6-8(2)9(7-13)11(15)16/h8-9,12H,3-7H2,1-2H3,(H,15,16)/t8-,9-/m1/s1. The molecule has 0 aliphatic carbocycles. The Kier molecular flexibility index (Phi) is 4.73. The number of aliphatic carboxylic acids is 1. The van der Waals surface area contributed by atoms with Gasteiger partial charge in [-0.1, -0.05) is 13.8 Å². The first-order valence-corrected chi connectivity index (χ1v) is 5.77. The molecule has 0 radical (unpaired) electrons. The third-order valence-electron chi connectivity index (χ3n) is 2.99. The number of amides is 1. The van der Waals surface area contributed by atoms with Crippen LogP contribution in [0, 0.1) is 11.8 Å². The topological polar surface area (TPSA) is 69.6 Å². The number of carboxylic acid groups (broad SMARTS) is 1. The van der Waals surface area contributed by atoms with Crippen LogP contribution in [0.5, 0.6) is 0 Å². The summed E-state index contributed by atoms with van der Waals surface area (Å²) in [6.07, 6.45) is 0.988. The highest BCUT2D eigenvalue weighted by Gasteiger charge is 2.36. The summed E-state index contributed by atoms with van der Waals surface area (Å²) in [5.74, 6) is -1.16. The van der Waals surface area contributed by atoms with Crippen molar-refractivity contribution in [2.45, 2.75) is 20.3 Å². The fourth-order valence-electron chi connectivity index (χ4n) is 1.98. The third-order valence-corrected chi connectivity index (χ3v) is 2.99. The van der Waals surface area contributed by atoms with Gasteiger partial charge in [-0.15, -0.1) is 0 Å². The van der Waals surface area contributed by atoms with Crippen LogP contribution < -0.4 is 5.32 Å². The summed E-state index contributed by atoms with van der Waals surface area (Å²) in [5, 5.41) is 12.0. The first-order valence-electron chi connectivity index (χ1n) is 5.77. The van der Waals surface area contributed by atoms with Gasteiger partial charge in [0.05, 0.1) is 12.5 Å². The number of nitrogens with one attached hydrogen (secondary N) is 1. The van der Waals surface area contributed by atoms with Gasteiger partial charge in [-0.2, -0.15) is 0 Å². The van der Waals surface area contributed by atoms with Crippen molar-refractivity contribution in [3.63, 3.8) is 0 Å². The maximum absolute atomic E-state index is 11.7. The number of carboxylic acids is 1. The van der Waals surface area contributed by atoms with Crippen molar-refractivity contribution in [1.29, 1.82) is 0 Å². The zero-order valence-corrected chi connectivity index (χ0v) is 9.90. The SMILES string of the molecule is CCCNCC(=O)N1C[C@@H](C)[C@H](C(=O)O)C1. The molecule has 1 aliphatic heterocycles. The molecule has 92 valence electrons. The average Bonchev–Trinajstić information content (AvgIpc) is 2.60. The molecule has 2 N–H and O–H groups in total. The molecule has 1 amide bonds. The summed E-state index contributed by atoms with van der Waals surface area (Å²) in [7, 11) is 0. The molecule has 16 heavy (non-hydrogen) atoms. The number of nitrogens with zero attached hydrogens (tertiary/aromatic N) is 1. The molecule has 0 aromatic rings. The van der Waals surface area contributed by atoms with Gasteiger partial charge in [-0.05, 0) is 18.9 Å². The molecular formula is C11H20N2O3. The van der Waals surface area contributed by atoms with Crippen LogP contribution in [0.15, 0.2) is 0 Å². The quantitative estimate of drug-likeness (QED) is 0.658. The van der Waals surface area contributed by atoms with Crippen LogP contribution in [0.1, 0.15) is 20.3 Å². The zero-order valence-electron chi connectivity index (χ0n) is 9.90. The molecule has 1 heterocycles. The highest BCUT2D eigenvalue weighted by atomic mass is 16.4. The molecule has 0 saturated carbocycles. The van der Waals surface area contributed by atoms with E-state index < -0.39 is 11.9 Å². The van der Waals surface area contributed by atoms with Crippen molar-refractivity contribution < 1.29 is 14.7 Å². The van der Waals surface area contributed by atoms with E-state index in [0.717, 1.165) is 13.0 Å². The Balaban J connectivity index is 2.39. The lowest BCUT2D eigenvalue weighted by Crippen LogP contribution is -2.37. The van der Waals surface area contributed by atoms with Crippen molar-refractivity contribution in [3.8, 4) is 0 Å². The molecule has 0 unspecified atom stereocenters. The molecule has 1 aliphatic rings. The molecule has 5 heteroatoms. The van der Waals surface area contributed by atoms with Crippen molar-refractivity contribution in [1.82, 2.24) is 10.2 Å². The van der Waals surface area contributed by atoms with E-state index in [1.165, 1.54) is 0 Å². The number of hydrogen-bond acceptors (Lipinski definition) is 3. The van der Waals surface area contributed by atoms with Crippen LogP contribution in [-0.4, -0.2) is 48.1 Å². The van der Waals surface area contributed by atoms with Gasteiger partial charge in [0.2, 0.25) is 5.91 Å². The number of carbonyl (C=O) groups excluding carboxylic acids is 1. The average molecular weight is 228 g/mol. The van der Waals surface area contributed by atoms with Gasteiger partial charge < -0.3 is 15.3 Å².